The van der Waals surface area contributed by atoms with E-state index in [2.05, 4.69) is 0 Å². The minimum absolute atomic E-state index is 0.154. The Morgan fingerprint density at radius 2 is 2.00 bits per heavy atom. The largest absolute Gasteiger partial charge is 0.876 e. The second-order valence-corrected chi connectivity index (χ2v) is 2.70. The van der Waals surface area contributed by atoms with Crippen LogP contribution in [0.2, 0.25) is 0 Å². The minimum atomic E-state index is 0.154. The monoisotopic (exact) mass is 181 g/mol. The summed E-state index contributed by atoms with van der Waals surface area (Å²) < 4.78 is 0. The van der Waals surface area contributed by atoms with E-state index in [9.17, 15) is 5.11 Å². The molecule has 0 bridgehead atoms. The molecule has 0 atom stereocenters. The van der Waals surface area contributed by atoms with Crippen molar-refractivity contribution >= 4 is 23.2 Å². The molecule has 1 nitrogen and oxygen atoms in total. The molecule has 0 aliphatic carbocycles. The molecule has 0 spiro atoms. The summed E-state index contributed by atoms with van der Waals surface area (Å²) >= 11 is 10.8. The Morgan fingerprint density at radius 1 is 1.30 bits per heavy atom. The van der Waals surface area contributed by atoms with Crippen molar-refractivity contribution in [2.75, 3.05) is 11.8 Å². The van der Waals surface area contributed by atoms with Crippen LogP contribution in [0.15, 0.2) is 11.8 Å². The van der Waals surface area contributed by atoms with E-state index in [0.717, 1.165) is 6.42 Å². The van der Waals surface area contributed by atoms with Gasteiger partial charge in [-0.15, -0.1) is 29.0 Å². The molecule has 0 fully saturated rings. The van der Waals surface area contributed by atoms with Crippen molar-refractivity contribution in [3.05, 3.63) is 11.8 Å². The summed E-state index contributed by atoms with van der Waals surface area (Å²) in [5, 5.41) is 10.8. The first-order valence-electron chi connectivity index (χ1n) is 3.29. The van der Waals surface area contributed by atoms with Crippen LogP contribution in [-0.2, 0) is 0 Å². The van der Waals surface area contributed by atoms with Gasteiger partial charge in [-0.2, -0.15) is 0 Å². The molecule has 0 aliphatic heterocycles. The van der Waals surface area contributed by atoms with Crippen molar-refractivity contribution < 1.29 is 5.11 Å². The third kappa shape index (κ3) is 6.24. The van der Waals surface area contributed by atoms with Crippen LogP contribution in [0.25, 0.3) is 0 Å². The normalized spacial score (nSPS) is 12.0. The molecular weight excluding hydrogens is 171 g/mol. The Labute approximate surface area is 71.6 Å². The van der Waals surface area contributed by atoms with E-state index in [1.165, 1.54) is 0 Å². The van der Waals surface area contributed by atoms with E-state index in [4.69, 9.17) is 23.2 Å². The van der Waals surface area contributed by atoms with Crippen LogP contribution in [0.5, 0.6) is 0 Å². The number of halogens is 2. The fourth-order valence-corrected chi connectivity index (χ4v) is 0.801. The standard InChI is InChI=1S/C7H12Cl2O/c8-5-1-3-7(10)4-2-6-9/h3,10H,1-2,4-6H2/p-1/b7-3-. The van der Waals surface area contributed by atoms with Crippen LogP contribution in [0.1, 0.15) is 19.3 Å². The third-order valence-electron chi connectivity index (χ3n) is 1.04. The Balaban J connectivity index is 3.30. The maximum Gasteiger partial charge on any atom is 0.0257 e. The first kappa shape index (κ1) is 10.1. The molecule has 0 N–H and O–H groups in total. The van der Waals surface area contributed by atoms with Gasteiger partial charge in [-0.3, -0.25) is 0 Å². The van der Waals surface area contributed by atoms with Gasteiger partial charge >= 0.3 is 0 Å². The van der Waals surface area contributed by atoms with Gasteiger partial charge in [-0.05, 0) is 19.3 Å². The lowest BCUT2D eigenvalue weighted by atomic mass is 10.2. The molecule has 0 aromatic carbocycles. The molecule has 0 heterocycles. The van der Waals surface area contributed by atoms with Crippen molar-refractivity contribution in [1.82, 2.24) is 0 Å². The minimum Gasteiger partial charge on any atom is -0.876 e. The van der Waals surface area contributed by atoms with Crippen LogP contribution in [0, 0.1) is 0 Å². The lowest BCUT2D eigenvalue weighted by Crippen LogP contribution is -2.03. The number of hydrogen-bond acceptors (Lipinski definition) is 1. The third-order valence-corrected chi connectivity index (χ3v) is 1.52. The molecular formula is C7H11Cl2O-. The van der Waals surface area contributed by atoms with Crippen LogP contribution < -0.4 is 5.11 Å². The number of alkyl halides is 2. The maximum absolute atomic E-state index is 10.8. The van der Waals surface area contributed by atoms with Gasteiger partial charge in [0.1, 0.15) is 0 Å². The number of hydrogen-bond donors (Lipinski definition) is 0. The highest BCUT2D eigenvalue weighted by atomic mass is 35.5. The van der Waals surface area contributed by atoms with Crippen LogP contribution >= 0.6 is 23.2 Å². The van der Waals surface area contributed by atoms with Gasteiger partial charge in [0.15, 0.2) is 0 Å². The Hall–Kier alpha value is 0.120. The highest BCUT2D eigenvalue weighted by Gasteiger charge is 1.83. The Morgan fingerprint density at radius 3 is 2.50 bits per heavy atom. The zero-order valence-electron chi connectivity index (χ0n) is 5.78. The fourth-order valence-electron chi connectivity index (χ4n) is 0.559. The van der Waals surface area contributed by atoms with Crippen LogP contribution in [0.3, 0.4) is 0 Å². The second-order valence-electron chi connectivity index (χ2n) is 1.94. The second kappa shape index (κ2) is 7.23. The summed E-state index contributed by atoms with van der Waals surface area (Å²) in [5.74, 6) is 1.23. The fraction of sp³-hybridized carbons (Fsp3) is 0.714. The first-order valence-corrected chi connectivity index (χ1v) is 4.36. The molecule has 0 rings (SSSR count). The molecule has 0 radical (unpaired) electrons. The molecule has 3 heteroatoms. The van der Waals surface area contributed by atoms with Gasteiger partial charge in [0.25, 0.3) is 0 Å². The Bertz CT molecular complexity index is 102. The summed E-state index contributed by atoms with van der Waals surface area (Å²) in [5.41, 5.74) is 0. The van der Waals surface area contributed by atoms with Crippen molar-refractivity contribution in [1.29, 1.82) is 0 Å². The zero-order valence-corrected chi connectivity index (χ0v) is 7.29. The van der Waals surface area contributed by atoms with Crippen LogP contribution in [-0.4, -0.2) is 11.8 Å². The molecule has 10 heavy (non-hydrogen) atoms. The molecule has 0 unspecified atom stereocenters. The summed E-state index contributed by atoms with van der Waals surface area (Å²) in [6, 6.07) is 0. The molecule has 0 aliphatic rings. The zero-order chi connectivity index (χ0) is 7.82. The smallest absolute Gasteiger partial charge is 0.0257 e. The molecule has 0 aromatic heterocycles. The summed E-state index contributed by atoms with van der Waals surface area (Å²) in [6.07, 6.45) is 3.61. The van der Waals surface area contributed by atoms with E-state index in [-0.39, 0.29) is 5.76 Å². The van der Waals surface area contributed by atoms with E-state index < -0.39 is 0 Å². The summed E-state index contributed by atoms with van der Waals surface area (Å²) in [4.78, 5) is 0. The average Bonchev–Trinajstić information content (AvgIpc) is 1.97. The van der Waals surface area contributed by atoms with Crippen molar-refractivity contribution in [2.24, 2.45) is 0 Å². The van der Waals surface area contributed by atoms with E-state index in [1.807, 2.05) is 0 Å². The quantitative estimate of drug-likeness (QED) is 0.470. The lowest BCUT2D eigenvalue weighted by Gasteiger charge is -2.09. The molecule has 0 aromatic rings. The van der Waals surface area contributed by atoms with Gasteiger partial charge in [0.05, 0.1) is 0 Å². The molecule has 0 saturated carbocycles. The predicted octanol–water partition coefficient (Wildman–Crippen LogP) is 1.88. The van der Waals surface area contributed by atoms with Gasteiger partial charge in [-0.1, -0.05) is 6.08 Å². The number of allylic oxidation sites excluding steroid dienone is 2. The van der Waals surface area contributed by atoms with E-state index >= 15 is 0 Å². The van der Waals surface area contributed by atoms with Crippen molar-refractivity contribution in [3.8, 4) is 0 Å². The topological polar surface area (TPSA) is 23.1 Å². The average molecular weight is 182 g/mol. The highest BCUT2D eigenvalue weighted by Crippen LogP contribution is 2.00. The first-order chi connectivity index (χ1) is 4.81. The van der Waals surface area contributed by atoms with Crippen molar-refractivity contribution in [2.45, 2.75) is 19.3 Å². The van der Waals surface area contributed by atoms with Gasteiger partial charge in [0, 0.05) is 11.8 Å². The van der Waals surface area contributed by atoms with Gasteiger partial charge < -0.3 is 5.11 Å². The van der Waals surface area contributed by atoms with Crippen LogP contribution in [0.4, 0.5) is 0 Å². The highest BCUT2D eigenvalue weighted by molar-refractivity contribution is 6.18. The SMILES string of the molecule is [O-]/C(=C\CCCl)CCCCl. The lowest BCUT2D eigenvalue weighted by molar-refractivity contribution is -0.307. The summed E-state index contributed by atoms with van der Waals surface area (Å²) in [7, 11) is 0. The molecule has 0 amide bonds. The van der Waals surface area contributed by atoms with Crippen molar-refractivity contribution in [3.63, 3.8) is 0 Å². The predicted molar refractivity (Wildman–Crippen MR) is 43.4 cm³/mol. The summed E-state index contributed by atoms with van der Waals surface area (Å²) in [6.45, 7) is 0. The van der Waals surface area contributed by atoms with E-state index in [1.54, 1.807) is 6.08 Å². The molecule has 60 valence electrons. The maximum atomic E-state index is 10.8. The van der Waals surface area contributed by atoms with E-state index in [0.29, 0.717) is 24.6 Å². The Kier molecular flexibility index (Phi) is 7.32. The van der Waals surface area contributed by atoms with Gasteiger partial charge in [0.2, 0.25) is 0 Å². The van der Waals surface area contributed by atoms with Gasteiger partial charge in [-0.25, -0.2) is 0 Å². The number of rotatable bonds is 5. The molecule has 0 saturated heterocycles.